The average Bonchev–Trinajstić information content (AvgIpc) is 2.02. The van der Waals surface area contributed by atoms with E-state index in [2.05, 4.69) is 44.5 Å². The van der Waals surface area contributed by atoms with Gasteiger partial charge in [-0.2, -0.15) is 0 Å². The minimum atomic E-state index is -1.80. The van der Waals surface area contributed by atoms with Gasteiger partial charge in [-0.3, -0.25) is 0 Å². The van der Waals surface area contributed by atoms with Crippen LogP contribution in [0.15, 0.2) is 0 Å². The van der Waals surface area contributed by atoms with Gasteiger partial charge in [0.15, 0.2) is 0 Å². The quantitative estimate of drug-likeness (QED) is 0.654. The Kier molecular flexibility index (Phi) is 4.63. The summed E-state index contributed by atoms with van der Waals surface area (Å²) in [5.41, 5.74) is 0. The van der Waals surface area contributed by atoms with E-state index in [1.54, 1.807) is 0 Å². The van der Waals surface area contributed by atoms with Crippen LogP contribution >= 0.6 is 0 Å². The molecule has 0 spiro atoms. The van der Waals surface area contributed by atoms with Crippen molar-refractivity contribution in [2.75, 3.05) is 0 Å². The molecule has 12 heavy (non-hydrogen) atoms. The Morgan fingerprint density at radius 1 is 1.17 bits per heavy atom. The van der Waals surface area contributed by atoms with Crippen molar-refractivity contribution in [2.24, 2.45) is 0 Å². The van der Waals surface area contributed by atoms with Gasteiger partial charge in [0.25, 0.3) is 0 Å². The molecule has 0 saturated heterocycles. The molecule has 0 aliphatic carbocycles. The Balaban J connectivity index is 4.58. The molecule has 0 bridgehead atoms. The summed E-state index contributed by atoms with van der Waals surface area (Å²) in [5, 5.41) is 0. The second kappa shape index (κ2) is 4.34. The Morgan fingerprint density at radius 2 is 1.58 bits per heavy atom. The zero-order chi connectivity index (χ0) is 9.99. The van der Waals surface area contributed by atoms with Crippen LogP contribution in [0.2, 0.25) is 17.2 Å². The molecule has 0 heterocycles. The molecule has 0 N–H and O–H groups in total. The van der Waals surface area contributed by atoms with Gasteiger partial charge in [0.2, 0.25) is 0 Å². The number of hydrogen-bond donors (Lipinski definition) is 0. The van der Waals surface area contributed by atoms with Gasteiger partial charge >= 0.3 is 83.1 Å². The monoisotopic (exact) mass is 278 g/mol. The van der Waals surface area contributed by atoms with Crippen molar-refractivity contribution in [1.29, 1.82) is 0 Å². The van der Waals surface area contributed by atoms with E-state index in [0.29, 0.717) is 3.43 Å². The van der Waals surface area contributed by atoms with Gasteiger partial charge in [-0.15, -0.1) is 0 Å². The SMILES string of the molecule is CC[CH](C)[Sn]([CH3])([CH3])[C](C)(C)CC. The first-order chi connectivity index (χ1) is 5.29. The third-order valence-electron chi connectivity index (χ3n) is 4.47. The van der Waals surface area contributed by atoms with Gasteiger partial charge in [-0.1, -0.05) is 0 Å². The second-order valence-electron chi connectivity index (χ2n) is 5.27. The second-order valence-corrected chi connectivity index (χ2v) is 21.8. The van der Waals surface area contributed by atoms with Gasteiger partial charge in [0.1, 0.15) is 0 Å². The van der Waals surface area contributed by atoms with Gasteiger partial charge < -0.3 is 0 Å². The molecular formula is C11H26Sn. The molecule has 0 nitrogen and oxygen atoms in total. The van der Waals surface area contributed by atoms with Gasteiger partial charge in [0, 0.05) is 0 Å². The Morgan fingerprint density at radius 3 is 1.83 bits per heavy atom. The Bertz CT molecular complexity index is 136. The van der Waals surface area contributed by atoms with Crippen LogP contribution in [0.3, 0.4) is 0 Å². The van der Waals surface area contributed by atoms with E-state index in [1.807, 2.05) is 0 Å². The van der Waals surface area contributed by atoms with E-state index in [-0.39, 0.29) is 0 Å². The van der Waals surface area contributed by atoms with Crippen LogP contribution in [0, 0.1) is 0 Å². The predicted molar refractivity (Wildman–Crippen MR) is 61.5 cm³/mol. The minimum absolute atomic E-state index is 0.671. The van der Waals surface area contributed by atoms with Gasteiger partial charge in [-0.25, -0.2) is 0 Å². The van der Waals surface area contributed by atoms with Gasteiger partial charge in [-0.05, 0) is 0 Å². The summed E-state index contributed by atoms with van der Waals surface area (Å²) in [7, 11) is 0. The third kappa shape index (κ3) is 2.40. The molecule has 74 valence electrons. The molecule has 0 amide bonds. The van der Waals surface area contributed by atoms with Crippen LogP contribution in [-0.4, -0.2) is 18.4 Å². The van der Waals surface area contributed by atoms with E-state index in [1.165, 1.54) is 12.8 Å². The van der Waals surface area contributed by atoms with Crippen molar-refractivity contribution < 1.29 is 0 Å². The Labute approximate surface area is 83.0 Å². The fraction of sp³-hybridized carbons (Fsp3) is 1.00. The molecular weight excluding hydrogens is 251 g/mol. The molecule has 0 aromatic carbocycles. The summed E-state index contributed by atoms with van der Waals surface area (Å²) in [4.78, 5) is 5.23. The van der Waals surface area contributed by atoms with E-state index in [0.717, 1.165) is 3.93 Å². The first kappa shape index (κ1) is 12.8. The molecule has 0 rings (SSSR count). The van der Waals surface area contributed by atoms with Crippen molar-refractivity contribution in [1.82, 2.24) is 0 Å². The number of rotatable bonds is 4. The van der Waals surface area contributed by atoms with Crippen molar-refractivity contribution in [2.45, 2.75) is 64.7 Å². The molecule has 1 atom stereocenters. The zero-order valence-electron chi connectivity index (χ0n) is 9.99. The third-order valence-corrected chi connectivity index (χ3v) is 23.6. The zero-order valence-corrected chi connectivity index (χ0v) is 12.8. The standard InChI is InChI=1S/C5H11.C4H9.2CH3.Sn/c1-4-5(2)3;1-3-4-2;;;/h4H2,1-3H3;3H,4H2,1-2H3;2*1H3;. The molecule has 0 aromatic rings. The van der Waals surface area contributed by atoms with E-state index in [9.17, 15) is 0 Å². The maximum atomic E-state index is 2.62. The van der Waals surface area contributed by atoms with Crippen LogP contribution in [-0.2, 0) is 0 Å². The summed E-state index contributed by atoms with van der Waals surface area (Å²) in [6.45, 7) is 12.1. The van der Waals surface area contributed by atoms with Crippen LogP contribution in [0.4, 0.5) is 0 Å². The first-order valence-corrected chi connectivity index (χ1v) is 14.1. The van der Waals surface area contributed by atoms with Gasteiger partial charge in [0.05, 0.1) is 0 Å². The first-order valence-electron chi connectivity index (χ1n) is 5.29. The van der Waals surface area contributed by atoms with Crippen LogP contribution in [0.5, 0.6) is 0 Å². The normalized spacial score (nSPS) is 16.2. The van der Waals surface area contributed by atoms with Crippen LogP contribution in [0.25, 0.3) is 0 Å². The summed E-state index contributed by atoms with van der Waals surface area (Å²) in [5.74, 6) is 0. The van der Waals surface area contributed by atoms with E-state index < -0.39 is 18.4 Å². The molecule has 0 fully saturated rings. The fourth-order valence-electron chi connectivity index (χ4n) is 1.63. The summed E-state index contributed by atoms with van der Waals surface area (Å²) < 4.78 is 1.69. The fourth-order valence-corrected chi connectivity index (χ4v) is 11.0. The van der Waals surface area contributed by atoms with Crippen LogP contribution < -0.4 is 0 Å². The van der Waals surface area contributed by atoms with E-state index in [4.69, 9.17) is 0 Å². The van der Waals surface area contributed by atoms with Crippen molar-refractivity contribution in [3.63, 3.8) is 0 Å². The molecule has 0 radical (unpaired) electrons. The molecule has 0 aliphatic rings. The summed E-state index contributed by atoms with van der Waals surface area (Å²) in [6, 6.07) is 0. The Hall–Kier alpha value is 0.799. The maximum absolute atomic E-state index is 2.62. The van der Waals surface area contributed by atoms with E-state index >= 15 is 0 Å². The predicted octanol–water partition coefficient (Wildman–Crippen LogP) is 4.69. The van der Waals surface area contributed by atoms with Crippen molar-refractivity contribution in [3.8, 4) is 0 Å². The van der Waals surface area contributed by atoms with Crippen molar-refractivity contribution in [3.05, 3.63) is 0 Å². The summed E-state index contributed by atoms with van der Waals surface area (Å²) in [6.07, 6.45) is 2.74. The summed E-state index contributed by atoms with van der Waals surface area (Å²) >= 11 is -1.80. The topological polar surface area (TPSA) is 0 Å². The molecule has 0 saturated carbocycles. The van der Waals surface area contributed by atoms with Crippen LogP contribution in [0.1, 0.15) is 47.5 Å². The molecule has 0 aliphatic heterocycles. The molecule has 1 unspecified atom stereocenters. The number of hydrogen-bond acceptors (Lipinski definition) is 0. The average molecular weight is 277 g/mol. The van der Waals surface area contributed by atoms with Crippen molar-refractivity contribution >= 4 is 18.4 Å². The molecule has 1 heteroatoms. The molecule has 0 aromatic heterocycles.